The molecule has 1 rings (SSSR count). The molecule has 21 heavy (non-hydrogen) atoms. The minimum Gasteiger partial charge on any atom is -0.330 e. The van der Waals surface area contributed by atoms with Crippen LogP contribution in [0.3, 0.4) is 0 Å². The van der Waals surface area contributed by atoms with Crippen molar-refractivity contribution in [3.8, 4) is 0 Å². The zero-order chi connectivity index (χ0) is 17.1. The number of hydrogen-bond acceptors (Lipinski definition) is 2. The SMILES string of the molecule is CC(=O)c1cc(F)cc(P)c1.CCC(C)(C)C.CCCN. The minimum absolute atomic E-state index is 0.117. The predicted octanol–water partition coefficient (Wildman–Crippen LogP) is 4.33. The lowest BCUT2D eigenvalue weighted by atomic mass is 9.94. The lowest BCUT2D eigenvalue weighted by Gasteiger charge is -2.12. The number of benzene rings is 1. The lowest BCUT2D eigenvalue weighted by Crippen LogP contribution is -2.00. The number of carbonyl (C=O) groups is 1. The quantitative estimate of drug-likeness (QED) is 0.652. The molecule has 1 aromatic rings. The molecule has 0 heterocycles. The molecular formula is C17H31FNOP. The topological polar surface area (TPSA) is 43.1 Å². The van der Waals surface area contributed by atoms with Gasteiger partial charge in [0.15, 0.2) is 5.78 Å². The largest absolute Gasteiger partial charge is 0.330 e. The molecule has 0 fully saturated rings. The van der Waals surface area contributed by atoms with Gasteiger partial charge in [-0.25, -0.2) is 4.39 Å². The van der Waals surface area contributed by atoms with E-state index in [-0.39, 0.29) is 11.6 Å². The van der Waals surface area contributed by atoms with Gasteiger partial charge in [0.25, 0.3) is 0 Å². The second kappa shape index (κ2) is 11.8. The van der Waals surface area contributed by atoms with E-state index < -0.39 is 0 Å². The number of hydrogen-bond donors (Lipinski definition) is 1. The summed E-state index contributed by atoms with van der Waals surface area (Å²) in [5.74, 6) is -0.490. The molecule has 0 saturated carbocycles. The summed E-state index contributed by atoms with van der Waals surface area (Å²) in [4.78, 5) is 10.8. The van der Waals surface area contributed by atoms with Crippen molar-refractivity contribution >= 4 is 20.3 Å². The molecule has 1 aromatic carbocycles. The Morgan fingerprint density at radius 3 is 1.90 bits per heavy atom. The Hall–Kier alpha value is -0.790. The molecule has 0 amide bonds. The van der Waals surface area contributed by atoms with E-state index >= 15 is 0 Å². The van der Waals surface area contributed by atoms with E-state index in [9.17, 15) is 9.18 Å². The monoisotopic (exact) mass is 315 g/mol. The van der Waals surface area contributed by atoms with E-state index in [0.717, 1.165) is 13.0 Å². The Labute approximate surface area is 131 Å². The van der Waals surface area contributed by atoms with Crippen LogP contribution in [0.2, 0.25) is 0 Å². The molecule has 0 bridgehead atoms. The van der Waals surface area contributed by atoms with Gasteiger partial charge in [0, 0.05) is 5.56 Å². The van der Waals surface area contributed by atoms with Crippen LogP contribution >= 0.6 is 9.24 Å². The van der Waals surface area contributed by atoms with Crippen LogP contribution < -0.4 is 11.0 Å². The van der Waals surface area contributed by atoms with Gasteiger partial charge in [-0.3, -0.25) is 4.79 Å². The van der Waals surface area contributed by atoms with Crippen LogP contribution in [0, 0.1) is 11.2 Å². The molecule has 122 valence electrons. The number of ketones is 1. The van der Waals surface area contributed by atoms with Gasteiger partial charge < -0.3 is 5.73 Å². The zero-order valence-electron chi connectivity index (χ0n) is 14.3. The van der Waals surface area contributed by atoms with Gasteiger partial charge in [0.2, 0.25) is 0 Å². The fourth-order valence-electron chi connectivity index (χ4n) is 0.816. The van der Waals surface area contributed by atoms with E-state index in [1.54, 1.807) is 6.07 Å². The first kappa shape index (κ1) is 22.5. The molecule has 0 spiro atoms. The van der Waals surface area contributed by atoms with Crippen molar-refractivity contribution in [2.45, 2.75) is 54.4 Å². The van der Waals surface area contributed by atoms with Crippen LogP contribution in [-0.4, -0.2) is 12.3 Å². The maximum absolute atomic E-state index is 12.6. The van der Waals surface area contributed by atoms with E-state index in [1.807, 2.05) is 0 Å². The van der Waals surface area contributed by atoms with E-state index in [0.29, 0.717) is 16.3 Å². The highest BCUT2D eigenvalue weighted by molar-refractivity contribution is 7.27. The van der Waals surface area contributed by atoms with Gasteiger partial charge in [-0.1, -0.05) is 41.0 Å². The summed E-state index contributed by atoms with van der Waals surface area (Å²) in [6.07, 6.45) is 2.37. The molecule has 2 nitrogen and oxygen atoms in total. The fraction of sp³-hybridized carbons (Fsp3) is 0.588. The van der Waals surface area contributed by atoms with Crippen LogP contribution in [0.1, 0.15) is 64.7 Å². The van der Waals surface area contributed by atoms with Gasteiger partial charge in [-0.15, -0.1) is 9.24 Å². The maximum atomic E-state index is 12.6. The summed E-state index contributed by atoms with van der Waals surface area (Å²) in [5.41, 5.74) is 5.98. The Balaban J connectivity index is 0. The zero-order valence-corrected chi connectivity index (χ0v) is 15.4. The smallest absolute Gasteiger partial charge is 0.159 e. The Kier molecular flexibility index (Phi) is 12.7. The predicted molar refractivity (Wildman–Crippen MR) is 94.8 cm³/mol. The second-order valence-corrected chi connectivity index (χ2v) is 6.70. The molecule has 2 N–H and O–H groups in total. The third kappa shape index (κ3) is 15.4. The van der Waals surface area contributed by atoms with Gasteiger partial charge in [0.1, 0.15) is 5.82 Å². The number of carbonyl (C=O) groups excluding carboxylic acids is 1. The molecule has 1 atom stereocenters. The van der Waals surface area contributed by atoms with Crippen LogP contribution in [-0.2, 0) is 0 Å². The van der Waals surface area contributed by atoms with Crippen LogP contribution in [0.25, 0.3) is 0 Å². The first-order chi connectivity index (χ1) is 9.57. The summed E-state index contributed by atoms with van der Waals surface area (Å²) in [6, 6.07) is 4.23. The van der Waals surface area contributed by atoms with Gasteiger partial charge in [-0.05, 0) is 48.8 Å². The average Bonchev–Trinajstić information content (AvgIpc) is 2.37. The third-order valence-electron chi connectivity index (χ3n) is 2.68. The van der Waals surface area contributed by atoms with Gasteiger partial charge in [0.05, 0.1) is 0 Å². The first-order valence-electron chi connectivity index (χ1n) is 7.34. The van der Waals surface area contributed by atoms with Crippen molar-refractivity contribution in [3.63, 3.8) is 0 Å². The number of nitrogens with two attached hydrogens (primary N) is 1. The second-order valence-electron chi connectivity index (χ2n) is 6.03. The molecular weight excluding hydrogens is 284 g/mol. The minimum atomic E-state index is -0.372. The van der Waals surface area contributed by atoms with Crippen molar-refractivity contribution < 1.29 is 9.18 Å². The highest BCUT2D eigenvalue weighted by Gasteiger charge is 2.03. The molecule has 0 aromatic heterocycles. The van der Waals surface area contributed by atoms with Crippen molar-refractivity contribution in [2.75, 3.05) is 6.54 Å². The van der Waals surface area contributed by atoms with Crippen molar-refractivity contribution in [1.82, 2.24) is 0 Å². The molecule has 0 saturated heterocycles. The van der Waals surface area contributed by atoms with E-state index in [4.69, 9.17) is 5.73 Å². The number of rotatable bonds is 2. The highest BCUT2D eigenvalue weighted by Crippen LogP contribution is 2.16. The van der Waals surface area contributed by atoms with E-state index in [2.05, 4.69) is 43.9 Å². The van der Waals surface area contributed by atoms with Crippen molar-refractivity contribution in [2.24, 2.45) is 11.1 Å². The standard InChI is InChI=1S/C8H8FOP.C6H14.C3H9N/c1-5(10)6-2-7(9)4-8(11)3-6;1-5-6(2,3)4;1-2-3-4/h2-4H,11H2,1H3;5H2,1-4H3;2-4H2,1H3. The highest BCUT2D eigenvalue weighted by atomic mass is 31.0. The summed E-state index contributed by atoms with van der Waals surface area (Å²) in [6.45, 7) is 13.2. The fourth-order valence-corrected chi connectivity index (χ4v) is 1.15. The normalized spacial score (nSPS) is 9.95. The first-order valence-corrected chi connectivity index (χ1v) is 7.92. The summed E-state index contributed by atoms with van der Waals surface area (Å²) in [7, 11) is 2.35. The van der Waals surface area contributed by atoms with Crippen molar-refractivity contribution in [1.29, 1.82) is 0 Å². The van der Waals surface area contributed by atoms with Crippen LogP contribution in [0.5, 0.6) is 0 Å². The molecule has 0 aliphatic heterocycles. The van der Waals surface area contributed by atoms with Crippen LogP contribution in [0.15, 0.2) is 18.2 Å². The Morgan fingerprint density at radius 2 is 1.67 bits per heavy atom. The molecule has 4 heteroatoms. The van der Waals surface area contributed by atoms with Gasteiger partial charge in [-0.2, -0.15) is 0 Å². The Morgan fingerprint density at radius 1 is 1.24 bits per heavy atom. The summed E-state index contributed by atoms with van der Waals surface area (Å²) in [5, 5.41) is 0.690. The molecule has 0 radical (unpaired) electrons. The molecule has 0 aliphatic rings. The number of Topliss-reactive ketones (excluding diaryl/α,β-unsaturated/α-hetero) is 1. The molecule has 1 unspecified atom stereocenters. The lowest BCUT2D eigenvalue weighted by molar-refractivity contribution is 0.101. The third-order valence-corrected chi connectivity index (χ3v) is 3.01. The van der Waals surface area contributed by atoms with Crippen LogP contribution in [0.4, 0.5) is 4.39 Å². The summed E-state index contributed by atoms with van der Waals surface area (Å²) >= 11 is 0. The Bertz CT molecular complexity index is 391. The number of halogens is 1. The van der Waals surface area contributed by atoms with E-state index in [1.165, 1.54) is 25.5 Å². The summed E-state index contributed by atoms with van der Waals surface area (Å²) < 4.78 is 12.6. The van der Waals surface area contributed by atoms with Crippen molar-refractivity contribution in [3.05, 3.63) is 29.6 Å². The maximum Gasteiger partial charge on any atom is 0.159 e. The van der Waals surface area contributed by atoms with Gasteiger partial charge >= 0.3 is 0 Å². The molecule has 0 aliphatic carbocycles. The average molecular weight is 315 g/mol.